The van der Waals surface area contributed by atoms with E-state index in [2.05, 4.69) is 9.38 Å². The largest absolute Gasteiger partial charge is 0.591 e. The highest BCUT2D eigenvalue weighted by atomic mass is 32.2. The fourth-order valence-electron chi connectivity index (χ4n) is 1.02. The second kappa shape index (κ2) is 6.24. The molecule has 1 atom stereocenters. The molecule has 0 amide bonds. The van der Waals surface area contributed by atoms with Crippen molar-refractivity contribution in [3.05, 3.63) is 16.1 Å². The number of aromatic nitrogens is 1. The van der Waals surface area contributed by atoms with Crippen molar-refractivity contribution >= 4 is 34.9 Å². The van der Waals surface area contributed by atoms with Crippen LogP contribution < -0.4 is 0 Å². The molecular formula is C13H20N2O3S2. The molecule has 0 fully saturated rings. The Labute approximate surface area is 126 Å². The fourth-order valence-corrected chi connectivity index (χ4v) is 2.27. The molecule has 0 aromatic carbocycles. The monoisotopic (exact) mass is 316 g/mol. The van der Waals surface area contributed by atoms with Gasteiger partial charge in [0, 0.05) is 0 Å². The second-order valence-electron chi connectivity index (χ2n) is 6.16. The number of ether oxygens (including phenoxy) is 1. The summed E-state index contributed by atoms with van der Waals surface area (Å²) in [7, 11) is 0. The van der Waals surface area contributed by atoms with Crippen molar-refractivity contribution in [1.29, 1.82) is 0 Å². The van der Waals surface area contributed by atoms with Crippen LogP contribution in [0.2, 0.25) is 0 Å². The van der Waals surface area contributed by atoms with Crippen LogP contribution in [0.3, 0.4) is 0 Å². The second-order valence-corrected chi connectivity index (χ2v) is 9.16. The number of rotatable bonds is 3. The standard InChI is InChI=1S/C13H20N2O3S2/c1-12(2,3)18-11(16)9-7-14-10(19-9)8-15-20(17)13(4,5)6/h7-8H,1-6H3/t20-/m0/s1. The van der Waals surface area contributed by atoms with E-state index in [-0.39, 0.29) is 0 Å². The highest BCUT2D eigenvalue weighted by molar-refractivity contribution is 7.91. The molecule has 7 heteroatoms. The molecule has 20 heavy (non-hydrogen) atoms. The summed E-state index contributed by atoms with van der Waals surface area (Å²) < 4.78 is 20.5. The van der Waals surface area contributed by atoms with Crippen LogP contribution in [0.15, 0.2) is 10.6 Å². The van der Waals surface area contributed by atoms with Crippen molar-refractivity contribution in [2.75, 3.05) is 0 Å². The Hall–Kier alpha value is -0.920. The highest BCUT2D eigenvalue weighted by Crippen LogP contribution is 2.19. The van der Waals surface area contributed by atoms with E-state index in [9.17, 15) is 9.35 Å². The molecule has 0 aliphatic rings. The summed E-state index contributed by atoms with van der Waals surface area (Å²) in [5.74, 6) is -0.411. The maximum absolute atomic E-state index is 11.8. The van der Waals surface area contributed by atoms with Crippen LogP contribution in [0, 0.1) is 0 Å². The van der Waals surface area contributed by atoms with Gasteiger partial charge in [0.05, 0.1) is 6.20 Å². The van der Waals surface area contributed by atoms with Gasteiger partial charge in [-0.2, -0.15) is 0 Å². The van der Waals surface area contributed by atoms with Crippen LogP contribution in [-0.2, 0) is 16.1 Å². The molecule has 0 radical (unpaired) electrons. The van der Waals surface area contributed by atoms with Crippen LogP contribution in [0.25, 0.3) is 0 Å². The lowest BCUT2D eigenvalue weighted by Gasteiger charge is -2.18. The maximum Gasteiger partial charge on any atom is 0.350 e. The van der Waals surface area contributed by atoms with E-state index < -0.39 is 27.7 Å². The van der Waals surface area contributed by atoms with Gasteiger partial charge >= 0.3 is 5.97 Å². The molecule has 0 N–H and O–H groups in total. The first-order chi connectivity index (χ1) is 8.99. The van der Waals surface area contributed by atoms with Crippen molar-refractivity contribution in [1.82, 2.24) is 4.98 Å². The number of carbonyl (C=O) groups excluding carboxylic acids is 1. The number of thiazole rings is 1. The molecule has 0 unspecified atom stereocenters. The van der Waals surface area contributed by atoms with E-state index in [1.54, 1.807) is 20.8 Å². The predicted octanol–water partition coefficient (Wildman–Crippen LogP) is 2.98. The molecule has 0 aliphatic carbocycles. The van der Waals surface area contributed by atoms with Gasteiger partial charge in [0.15, 0.2) is 0 Å². The highest BCUT2D eigenvalue weighted by Gasteiger charge is 2.26. The molecule has 1 heterocycles. The molecule has 0 spiro atoms. The maximum atomic E-state index is 11.8. The van der Waals surface area contributed by atoms with Crippen molar-refractivity contribution in [2.45, 2.75) is 51.9 Å². The smallest absolute Gasteiger partial charge is 0.350 e. The summed E-state index contributed by atoms with van der Waals surface area (Å²) in [6.07, 6.45) is 2.87. The fraction of sp³-hybridized carbons (Fsp3) is 0.615. The molecule has 0 aliphatic heterocycles. The SMILES string of the molecule is CC(C)(C)OC(=O)c1cnc(C=N[S@@+]([O-])C(C)(C)C)s1. The quantitative estimate of drug-likeness (QED) is 0.488. The van der Waals surface area contributed by atoms with Gasteiger partial charge in [-0.1, -0.05) is 4.40 Å². The summed E-state index contributed by atoms with van der Waals surface area (Å²) in [5, 5.41) is 0.531. The Bertz CT molecular complexity index is 498. The van der Waals surface area contributed by atoms with E-state index in [0.717, 1.165) is 11.3 Å². The lowest BCUT2D eigenvalue weighted by Crippen LogP contribution is -2.25. The minimum absolute atomic E-state index is 0.405. The third-order valence-electron chi connectivity index (χ3n) is 1.91. The minimum atomic E-state index is -1.34. The van der Waals surface area contributed by atoms with Gasteiger partial charge in [-0.15, -0.1) is 11.3 Å². The minimum Gasteiger partial charge on any atom is -0.591 e. The average Bonchev–Trinajstić information content (AvgIpc) is 2.70. The van der Waals surface area contributed by atoms with E-state index in [1.165, 1.54) is 12.4 Å². The molecule has 1 aromatic heterocycles. The Balaban J connectivity index is 2.73. The lowest BCUT2D eigenvalue weighted by atomic mass is 10.2. The predicted molar refractivity (Wildman–Crippen MR) is 82.8 cm³/mol. The third-order valence-corrected chi connectivity index (χ3v) is 4.16. The van der Waals surface area contributed by atoms with Gasteiger partial charge < -0.3 is 9.29 Å². The lowest BCUT2D eigenvalue weighted by molar-refractivity contribution is 0.00749. The van der Waals surface area contributed by atoms with Crippen molar-refractivity contribution in [3.8, 4) is 0 Å². The van der Waals surface area contributed by atoms with E-state index >= 15 is 0 Å². The topological polar surface area (TPSA) is 74.6 Å². The molecular weight excluding hydrogens is 296 g/mol. The Morgan fingerprint density at radius 2 is 2.00 bits per heavy atom. The van der Waals surface area contributed by atoms with Gasteiger partial charge in [0.1, 0.15) is 37.8 Å². The van der Waals surface area contributed by atoms with Gasteiger partial charge in [-0.05, 0) is 41.5 Å². The van der Waals surface area contributed by atoms with Gasteiger partial charge in [0.25, 0.3) is 0 Å². The van der Waals surface area contributed by atoms with Crippen LogP contribution >= 0.6 is 11.3 Å². The molecule has 1 aromatic rings. The van der Waals surface area contributed by atoms with E-state index in [4.69, 9.17) is 4.74 Å². The molecule has 112 valence electrons. The Morgan fingerprint density at radius 3 is 2.50 bits per heavy atom. The average molecular weight is 316 g/mol. The number of hydrogen-bond donors (Lipinski definition) is 0. The van der Waals surface area contributed by atoms with Crippen molar-refractivity contribution < 1.29 is 14.1 Å². The van der Waals surface area contributed by atoms with Crippen LogP contribution in [-0.4, -0.2) is 32.1 Å². The summed E-state index contributed by atoms with van der Waals surface area (Å²) in [5.41, 5.74) is -0.539. The first-order valence-electron chi connectivity index (χ1n) is 6.14. The zero-order valence-electron chi connectivity index (χ0n) is 12.6. The number of carbonyl (C=O) groups is 1. The first-order valence-corrected chi connectivity index (χ1v) is 8.06. The molecule has 5 nitrogen and oxygen atoms in total. The molecule has 1 rings (SSSR count). The summed E-state index contributed by atoms with van der Waals surface area (Å²) in [6, 6.07) is 0. The van der Waals surface area contributed by atoms with Crippen LogP contribution in [0.1, 0.15) is 56.2 Å². The summed E-state index contributed by atoms with van der Waals surface area (Å²) >= 11 is -0.170. The van der Waals surface area contributed by atoms with Crippen LogP contribution in [0.4, 0.5) is 0 Å². The zero-order chi connectivity index (χ0) is 15.6. The number of nitrogens with zero attached hydrogens (tertiary/aromatic N) is 2. The van der Waals surface area contributed by atoms with Crippen molar-refractivity contribution in [2.24, 2.45) is 4.40 Å². The van der Waals surface area contributed by atoms with Gasteiger partial charge in [-0.3, -0.25) is 0 Å². The van der Waals surface area contributed by atoms with Gasteiger partial charge in [0.2, 0.25) is 0 Å². The van der Waals surface area contributed by atoms with Crippen LogP contribution in [0.5, 0.6) is 0 Å². The van der Waals surface area contributed by atoms with E-state index in [0.29, 0.717) is 9.88 Å². The summed E-state index contributed by atoms with van der Waals surface area (Å²) in [4.78, 5) is 16.3. The Kier molecular flexibility index (Phi) is 5.34. The third kappa shape index (κ3) is 5.60. The molecule has 0 saturated carbocycles. The number of esters is 1. The zero-order valence-corrected chi connectivity index (χ0v) is 14.2. The normalized spacial score (nSPS) is 14.6. The van der Waals surface area contributed by atoms with E-state index in [1.807, 2.05) is 20.8 Å². The van der Waals surface area contributed by atoms with Gasteiger partial charge in [-0.25, -0.2) is 9.78 Å². The Morgan fingerprint density at radius 1 is 1.40 bits per heavy atom. The first kappa shape index (κ1) is 17.1. The molecule has 0 saturated heterocycles. The number of hydrogen-bond acceptors (Lipinski definition) is 6. The molecule has 0 bridgehead atoms. The van der Waals surface area contributed by atoms with Crippen molar-refractivity contribution in [3.63, 3.8) is 0 Å². The summed E-state index contributed by atoms with van der Waals surface area (Å²) in [6.45, 7) is 10.9.